The van der Waals surface area contributed by atoms with Crippen LogP contribution in [-0.4, -0.2) is 26.9 Å². The Morgan fingerprint density at radius 3 is 2.45 bits per heavy atom. The summed E-state index contributed by atoms with van der Waals surface area (Å²) >= 11 is 0. The van der Waals surface area contributed by atoms with Gasteiger partial charge in [-0.05, 0) is 130 Å². The Labute approximate surface area is 232 Å². The summed E-state index contributed by atoms with van der Waals surface area (Å²) in [5, 5.41) is -0.376. The predicted octanol–water partition coefficient (Wildman–Crippen LogP) is 8.11. The highest BCUT2D eigenvalue weighted by molar-refractivity contribution is 7.92. The summed E-state index contributed by atoms with van der Waals surface area (Å²) in [5.74, 6) is 3.73. The molecule has 5 saturated carbocycles. The van der Waals surface area contributed by atoms with Crippen LogP contribution in [0.4, 0.5) is 0 Å². The smallest absolute Gasteiger partial charge is 0.181 e. The Balaban J connectivity index is 1.31. The van der Waals surface area contributed by atoms with Gasteiger partial charge in [0, 0.05) is 12.5 Å². The molecule has 1 aromatic carbocycles. The highest BCUT2D eigenvalue weighted by atomic mass is 32.2. The van der Waals surface area contributed by atoms with Gasteiger partial charge in [0.1, 0.15) is 0 Å². The van der Waals surface area contributed by atoms with Crippen LogP contribution in [0.15, 0.2) is 46.9 Å². The van der Waals surface area contributed by atoms with Crippen molar-refractivity contribution in [2.75, 3.05) is 7.11 Å². The van der Waals surface area contributed by atoms with Crippen molar-refractivity contribution in [1.82, 2.24) is 0 Å². The van der Waals surface area contributed by atoms with Gasteiger partial charge in [-0.3, -0.25) is 0 Å². The first-order chi connectivity index (χ1) is 18.0. The summed E-state index contributed by atoms with van der Waals surface area (Å²) in [4.78, 5) is 0.482. The zero-order valence-electron chi connectivity index (χ0n) is 24.6. The Morgan fingerprint density at radius 2 is 1.79 bits per heavy atom. The van der Waals surface area contributed by atoms with E-state index in [1.54, 1.807) is 12.1 Å². The molecule has 0 unspecified atom stereocenters. The second-order valence-corrected chi connectivity index (χ2v) is 16.9. The summed E-state index contributed by atoms with van der Waals surface area (Å²) in [6.07, 6.45) is 13.6. The standard InChI is InChI=1S/C34H50O3S/c1-22(2)12-15-30(38(35,36)25-10-8-7-9-11-25)23(3)27-13-14-28-26-20-31(37-6)34-21-24(34)16-19-33(34,5)29(26)17-18-32(27,28)4/h7-12,23-24,26-31H,13-21H2,1-6H3/t23-,24+,26-,27+,28-,29-,30-,31+,32+,33+,34-/m0/s1. The summed E-state index contributed by atoms with van der Waals surface area (Å²) in [5.41, 5.74) is 2.32. The Hall–Kier alpha value is -1.13. The average molecular weight is 539 g/mol. The Kier molecular flexibility index (Phi) is 6.55. The van der Waals surface area contributed by atoms with Crippen LogP contribution < -0.4 is 0 Å². The van der Waals surface area contributed by atoms with Crippen LogP contribution in [0, 0.1) is 51.8 Å². The molecule has 0 saturated heterocycles. The van der Waals surface area contributed by atoms with Gasteiger partial charge in [0.05, 0.1) is 16.2 Å². The molecule has 0 N–H and O–H groups in total. The largest absolute Gasteiger partial charge is 0.381 e. The van der Waals surface area contributed by atoms with Crippen molar-refractivity contribution in [3.63, 3.8) is 0 Å². The van der Waals surface area contributed by atoms with E-state index in [1.165, 1.54) is 56.9 Å². The molecule has 5 fully saturated rings. The number of hydrogen-bond acceptors (Lipinski definition) is 3. The third kappa shape index (κ3) is 3.64. The van der Waals surface area contributed by atoms with Crippen molar-refractivity contribution in [3.8, 4) is 0 Å². The van der Waals surface area contributed by atoms with Crippen LogP contribution in [-0.2, 0) is 14.6 Å². The lowest BCUT2D eigenvalue weighted by molar-refractivity contribution is -0.161. The van der Waals surface area contributed by atoms with E-state index in [4.69, 9.17) is 4.74 Å². The van der Waals surface area contributed by atoms with Gasteiger partial charge in [-0.15, -0.1) is 0 Å². The van der Waals surface area contributed by atoms with E-state index in [9.17, 15) is 8.42 Å². The van der Waals surface area contributed by atoms with E-state index in [2.05, 4.69) is 40.7 Å². The summed E-state index contributed by atoms with van der Waals surface area (Å²) in [7, 11) is -1.45. The zero-order chi connectivity index (χ0) is 27.1. The highest BCUT2D eigenvalue weighted by Crippen LogP contribution is 2.82. The van der Waals surface area contributed by atoms with Crippen molar-refractivity contribution < 1.29 is 13.2 Å². The number of rotatable bonds is 7. The van der Waals surface area contributed by atoms with Crippen molar-refractivity contribution in [3.05, 3.63) is 42.0 Å². The molecule has 3 nitrogen and oxygen atoms in total. The number of benzene rings is 1. The zero-order valence-corrected chi connectivity index (χ0v) is 25.4. The van der Waals surface area contributed by atoms with Crippen LogP contribution in [0.1, 0.15) is 92.4 Å². The molecule has 0 bridgehead atoms. The lowest BCUT2D eigenvalue weighted by Crippen LogP contribution is -2.57. The van der Waals surface area contributed by atoms with E-state index in [0.717, 1.165) is 17.8 Å². The van der Waals surface area contributed by atoms with Crippen LogP contribution in [0.3, 0.4) is 0 Å². The van der Waals surface area contributed by atoms with E-state index >= 15 is 0 Å². The fourth-order valence-electron chi connectivity index (χ4n) is 11.5. The minimum atomic E-state index is -3.42. The lowest BCUT2D eigenvalue weighted by Gasteiger charge is -2.61. The van der Waals surface area contributed by atoms with Crippen molar-refractivity contribution in [2.45, 2.75) is 109 Å². The quantitative estimate of drug-likeness (QED) is 0.329. The van der Waals surface area contributed by atoms with Gasteiger partial charge in [-0.2, -0.15) is 0 Å². The van der Waals surface area contributed by atoms with Gasteiger partial charge in [-0.1, -0.05) is 50.6 Å². The van der Waals surface area contributed by atoms with Crippen molar-refractivity contribution >= 4 is 9.84 Å². The van der Waals surface area contributed by atoms with E-state index in [-0.39, 0.29) is 16.6 Å². The third-order valence-corrected chi connectivity index (χ3v) is 15.7. The van der Waals surface area contributed by atoms with Gasteiger partial charge in [-0.25, -0.2) is 8.42 Å². The molecular weight excluding hydrogens is 488 g/mol. The topological polar surface area (TPSA) is 43.4 Å². The Bertz CT molecular complexity index is 1190. The first-order valence-electron chi connectivity index (χ1n) is 15.5. The molecule has 0 aliphatic heterocycles. The van der Waals surface area contributed by atoms with E-state index < -0.39 is 9.84 Å². The van der Waals surface area contributed by atoms with E-state index in [1.807, 2.05) is 25.3 Å². The first kappa shape index (κ1) is 27.1. The summed E-state index contributed by atoms with van der Waals surface area (Å²) in [6.45, 7) is 11.6. The average Bonchev–Trinajstić information content (AvgIpc) is 3.40. The molecule has 4 heteroatoms. The number of sulfone groups is 1. The second kappa shape index (κ2) is 9.20. The van der Waals surface area contributed by atoms with Crippen LogP contribution in [0.25, 0.3) is 0 Å². The molecule has 0 aromatic heterocycles. The van der Waals surface area contributed by atoms with Gasteiger partial charge in [0.15, 0.2) is 9.84 Å². The normalized spacial score (nSPS) is 44.8. The van der Waals surface area contributed by atoms with Crippen molar-refractivity contribution in [1.29, 1.82) is 0 Å². The number of allylic oxidation sites excluding steroid dienone is 2. The van der Waals surface area contributed by atoms with Crippen LogP contribution >= 0.6 is 0 Å². The van der Waals surface area contributed by atoms with Gasteiger partial charge in [0.25, 0.3) is 0 Å². The lowest BCUT2D eigenvalue weighted by atomic mass is 9.45. The molecular formula is C34H50O3S. The predicted molar refractivity (Wildman–Crippen MR) is 154 cm³/mol. The maximum absolute atomic E-state index is 14.1. The highest BCUT2D eigenvalue weighted by Gasteiger charge is 2.77. The molecule has 0 amide bonds. The first-order valence-corrected chi connectivity index (χ1v) is 17.0. The molecule has 5 aliphatic carbocycles. The Morgan fingerprint density at radius 1 is 1.05 bits per heavy atom. The summed E-state index contributed by atoms with van der Waals surface area (Å²) < 4.78 is 34.5. The monoisotopic (exact) mass is 538 g/mol. The molecule has 11 atom stereocenters. The number of fused-ring (bicyclic) bond motifs is 4. The summed E-state index contributed by atoms with van der Waals surface area (Å²) in [6, 6.07) is 9.21. The number of ether oxygens (including phenoxy) is 1. The maximum atomic E-state index is 14.1. The minimum Gasteiger partial charge on any atom is -0.381 e. The fraction of sp³-hybridized carbons (Fsp3) is 0.765. The van der Waals surface area contributed by atoms with Gasteiger partial charge < -0.3 is 4.74 Å². The number of hydrogen-bond donors (Lipinski definition) is 0. The molecule has 0 heterocycles. The maximum Gasteiger partial charge on any atom is 0.181 e. The van der Waals surface area contributed by atoms with Gasteiger partial charge >= 0.3 is 0 Å². The minimum absolute atomic E-state index is 0.130. The molecule has 6 rings (SSSR count). The molecule has 5 aliphatic rings. The molecule has 0 radical (unpaired) electrons. The second-order valence-electron chi connectivity index (χ2n) is 14.7. The van der Waals surface area contributed by atoms with Crippen LogP contribution in [0.5, 0.6) is 0 Å². The third-order valence-electron chi connectivity index (χ3n) is 13.4. The fourth-order valence-corrected chi connectivity index (χ4v) is 13.5. The molecule has 38 heavy (non-hydrogen) atoms. The molecule has 210 valence electrons. The van der Waals surface area contributed by atoms with Gasteiger partial charge in [0.2, 0.25) is 0 Å². The number of methoxy groups -OCH3 is 1. The van der Waals surface area contributed by atoms with Crippen LogP contribution in [0.2, 0.25) is 0 Å². The van der Waals surface area contributed by atoms with Crippen molar-refractivity contribution in [2.24, 2.45) is 51.8 Å². The molecule has 1 aromatic rings. The SMILES string of the molecule is CO[C@@H]1C[C@H]2[C@@H]3CC[C@H]([C@H](C)[C@H](CC=C(C)C)S(=O)(=O)c4ccccc4)[C@@]3(C)CC[C@@H]2[C@@]2(C)CC[C@@H]3C[C@]312. The van der Waals surface area contributed by atoms with E-state index in [0.29, 0.717) is 40.1 Å². The molecule has 1 spiro atoms.